The Labute approximate surface area is 116 Å². The summed E-state index contributed by atoms with van der Waals surface area (Å²) in [7, 11) is 1.87. The molecule has 4 heteroatoms. The largest absolute Gasteiger partial charge is 0.341 e. The number of halogens is 1. The van der Waals surface area contributed by atoms with E-state index in [1.807, 2.05) is 36.2 Å². The number of hydrogen-bond acceptors (Lipinski definition) is 2. The first-order chi connectivity index (χ1) is 8.58. The van der Waals surface area contributed by atoms with Crippen LogP contribution in [0.4, 0.5) is 0 Å². The summed E-state index contributed by atoms with van der Waals surface area (Å²) in [6, 6.07) is 8.21. The van der Waals surface area contributed by atoms with Gasteiger partial charge in [0.1, 0.15) is 0 Å². The van der Waals surface area contributed by atoms with E-state index >= 15 is 0 Å². The third-order valence-electron chi connectivity index (χ3n) is 3.56. The van der Waals surface area contributed by atoms with Crippen molar-refractivity contribution in [3.63, 3.8) is 0 Å². The Balaban J connectivity index is 1.98. The molecule has 0 radical (unpaired) electrons. The summed E-state index contributed by atoms with van der Waals surface area (Å²) in [5.74, 6) is 0.339. The highest BCUT2D eigenvalue weighted by Gasteiger charge is 2.29. The lowest BCUT2D eigenvalue weighted by Gasteiger charge is -2.21. The van der Waals surface area contributed by atoms with Crippen LogP contribution < -0.4 is 5.73 Å². The minimum atomic E-state index is 0.118. The van der Waals surface area contributed by atoms with Crippen LogP contribution in [0.3, 0.4) is 0 Å². The van der Waals surface area contributed by atoms with Crippen molar-refractivity contribution in [2.24, 2.45) is 11.7 Å². The lowest BCUT2D eigenvalue weighted by molar-refractivity contribution is -0.134. The first-order valence-electron chi connectivity index (χ1n) is 6.32. The van der Waals surface area contributed by atoms with Crippen LogP contribution in [0, 0.1) is 5.92 Å². The Morgan fingerprint density at radius 3 is 2.78 bits per heavy atom. The molecule has 1 aromatic rings. The molecule has 0 aromatic heterocycles. The molecular formula is C14H19BrN2O. The van der Waals surface area contributed by atoms with Gasteiger partial charge in [0.2, 0.25) is 5.91 Å². The van der Waals surface area contributed by atoms with E-state index in [0.717, 1.165) is 29.3 Å². The third kappa shape index (κ3) is 3.12. The first kappa shape index (κ1) is 13.6. The molecule has 0 aliphatic heterocycles. The molecule has 1 aromatic carbocycles. The number of nitrogens with two attached hydrogens (primary N) is 1. The Morgan fingerprint density at radius 2 is 2.17 bits per heavy atom. The molecule has 1 aliphatic carbocycles. The highest BCUT2D eigenvalue weighted by atomic mass is 79.9. The maximum absolute atomic E-state index is 12.3. The summed E-state index contributed by atoms with van der Waals surface area (Å²) in [5, 5.41) is 0. The van der Waals surface area contributed by atoms with Gasteiger partial charge in [-0.2, -0.15) is 0 Å². The van der Waals surface area contributed by atoms with Gasteiger partial charge < -0.3 is 10.6 Å². The number of benzene rings is 1. The molecule has 1 aliphatic rings. The minimum absolute atomic E-state index is 0.118. The molecule has 0 unspecified atom stereocenters. The van der Waals surface area contributed by atoms with E-state index in [9.17, 15) is 4.79 Å². The van der Waals surface area contributed by atoms with Crippen molar-refractivity contribution in [1.82, 2.24) is 4.90 Å². The molecule has 0 heterocycles. The summed E-state index contributed by atoms with van der Waals surface area (Å²) in [6.07, 6.45) is 2.73. The van der Waals surface area contributed by atoms with E-state index in [0.29, 0.717) is 6.54 Å². The Kier molecular flexibility index (Phi) is 4.40. The fraction of sp³-hybridized carbons (Fsp3) is 0.500. The van der Waals surface area contributed by atoms with E-state index in [-0.39, 0.29) is 17.9 Å². The first-order valence-corrected chi connectivity index (χ1v) is 7.11. The molecule has 18 heavy (non-hydrogen) atoms. The lowest BCUT2D eigenvalue weighted by Crippen LogP contribution is -2.32. The van der Waals surface area contributed by atoms with Crippen LogP contribution in [0.5, 0.6) is 0 Å². The minimum Gasteiger partial charge on any atom is -0.341 e. The SMILES string of the molecule is CN(Cc1ccccc1Br)C(=O)[C@@H]1CC[C@H](N)C1. The summed E-state index contributed by atoms with van der Waals surface area (Å²) in [4.78, 5) is 14.1. The zero-order chi connectivity index (χ0) is 13.1. The molecule has 2 rings (SSSR count). The van der Waals surface area contributed by atoms with Gasteiger partial charge in [-0.1, -0.05) is 34.1 Å². The predicted molar refractivity (Wildman–Crippen MR) is 75.9 cm³/mol. The second-order valence-electron chi connectivity index (χ2n) is 5.06. The Morgan fingerprint density at radius 1 is 1.44 bits per heavy atom. The molecule has 2 atom stereocenters. The average Bonchev–Trinajstić information content (AvgIpc) is 2.78. The van der Waals surface area contributed by atoms with Gasteiger partial charge in [-0.3, -0.25) is 4.79 Å². The fourth-order valence-electron chi connectivity index (χ4n) is 2.51. The number of rotatable bonds is 3. The monoisotopic (exact) mass is 310 g/mol. The summed E-state index contributed by atoms with van der Waals surface area (Å²) in [5.41, 5.74) is 7.00. The molecule has 0 saturated heterocycles. The van der Waals surface area contributed by atoms with Crippen LogP contribution in [-0.4, -0.2) is 23.9 Å². The lowest BCUT2D eigenvalue weighted by atomic mass is 10.1. The van der Waals surface area contributed by atoms with Gasteiger partial charge in [0.25, 0.3) is 0 Å². The van der Waals surface area contributed by atoms with Crippen molar-refractivity contribution in [3.8, 4) is 0 Å². The van der Waals surface area contributed by atoms with E-state index in [4.69, 9.17) is 5.73 Å². The topological polar surface area (TPSA) is 46.3 Å². The second-order valence-corrected chi connectivity index (χ2v) is 5.91. The summed E-state index contributed by atoms with van der Waals surface area (Å²) < 4.78 is 1.05. The van der Waals surface area contributed by atoms with Crippen molar-refractivity contribution in [2.75, 3.05) is 7.05 Å². The molecule has 2 N–H and O–H groups in total. The fourth-order valence-corrected chi connectivity index (χ4v) is 2.92. The van der Waals surface area contributed by atoms with Crippen molar-refractivity contribution >= 4 is 21.8 Å². The van der Waals surface area contributed by atoms with Crippen molar-refractivity contribution in [2.45, 2.75) is 31.8 Å². The molecule has 0 spiro atoms. The normalized spacial score (nSPS) is 23.1. The van der Waals surface area contributed by atoms with Crippen LogP contribution >= 0.6 is 15.9 Å². The maximum Gasteiger partial charge on any atom is 0.225 e. The molecule has 0 bridgehead atoms. The molecule has 98 valence electrons. The highest BCUT2D eigenvalue weighted by Crippen LogP contribution is 2.26. The number of carbonyl (C=O) groups is 1. The van der Waals surface area contributed by atoms with Crippen LogP contribution in [0.25, 0.3) is 0 Å². The predicted octanol–water partition coefficient (Wildman–Crippen LogP) is 2.53. The van der Waals surface area contributed by atoms with Gasteiger partial charge in [-0.25, -0.2) is 0 Å². The second kappa shape index (κ2) is 5.85. The van der Waals surface area contributed by atoms with Gasteiger partial charge >= 0.3 is 0 Å². The number of nitrogens with zero attached hydrogens (tertiary/aromatic N) is 1. The van der Waals surface area contributed by atoms with Gasteiger partial charge in [0.15, 0.2) is 0 Å². The standard InChI is InChI=1S/C14H19BrN2O/c1-17(9-11-4-2-3-5-13(11)15)14(18)10-6-7-12(16)8-10/h2-5,10,12H,6-9,16H2,1H3/t10-,12+/m1/s1. The van der Waals surface area contributed by atoms with Crippen molar-refractivity contribution in [3.05, 3.63) is 34.3 Å². The van der Waals surface area contributed by atoms with Gasteiger partial charge in [-0.15, -0.1) is 0 Å². The quantitative estimate of drug-likeness (QED) is 0.932. The molecule has 1 fully saturated rings. The molecule has 1 saturated carbocycles. The van der Waals surface area contributed by atoms with E-state index in [1.54, 1.807) is 0 Å². The Hall–Kier alpha value is -0.870. The number of carbonyl (C=O) groups excluding carboxylic acids is 1. The molecule has 1 amide bonds. The summed E-state index contributed by atoms with van der Waals surface area (Å²) >= 11 is 3.51. The van der Waals surface area contributed by atoms with Gasteiger partial charge in [0, 0.05) is 30.0 Å². The van der Waals surface area contributed by atoms with Crippen LogP contribution in [0.15, 0.2) is 28.7 Å². The smallest absolute Gasteiger partial charge is 0.225 e. The van der Waals surface area contributed by atoms with E-state index in [1.165, 1.54) is 0 Å². The van der Waals surface area contributed by atoms with E-state index in [2.05, 4.69) is 15.9 Å². The zero-order valence-corrected chi connectivity index (χ0v) is 12.2. The maximum atomic E-state index is 12.3. The average molecular weight is 311 g/mol. The van der Waals surface area contributed by atoms with Crippen LogP contribution in [0.2, 0.25) is 0 Å². The van der Waals surface area contributed by atoms with Crippen LogP contribution in [-0.2, 0) is 11.3 Å². The Bertz CT molecular complexity index is 436. The van der Waals surface area contributed by atoms with Crippen molar-refractivity contribution < 1.29 is 4.79 Å². The van der Waals surface area contributed by atoms with E-state index < -0.39 is 0 Å². The van der Waals surface area contributed by atoms with Crippen molar-refractivity contribution in [1.29, 1.82) is 0 Å². The highest BCUT2D eigenvalue weighted by molar-refractivity contribution is 9.10. The zero-order valence-electron chi connectivity index (χ0n) is 10.6. The summed E-state index contributed by atoms with van der Waals surface area (Å²) in [6.45, 7) is 0.645. The number of hydrogen-bond donors (Lipinski definition) is 1. The van der Waals surface area contributed by atoms with Gasteiger partial charge in [-0.05, 0) is 30.9 Å². The number of amides is 1. The third-order valence-corrected chi connectivity index (χ3v) is 4.34. The molecular weight excluding hydrogens is 292 g/mol. The van der Waals surface area contributed by atoms with Gasteiger partial charge in [0.05, 0.1) is 0 Å². The van der Waals surface area contributed by atoms with Crippen LogP contribution in [0.1, 0.15) is 24.8 Å². The molecule has 3 nitrogen and oxygen atoms in total.